The molecule has 0 amide bonds. The Kier molecular flexibility index (Phi) is 10.4. The van der Waals surface area contributed by atoms with Crippen LogP contribution in [0.15, 0.2) is 0 Å². The van der Waals surface area contributed by atoms with Gasteiger partial charge in [-0.2, -0.15) is 0 Å². The molecule has 24 heavy (non-hydrogen) atoms. The molecule has 0 radical (unpaired) electrons. The number of hydrogen-bond acceptors (Lipinski definition) is 8. The van der Waals surface area contributed by atoms with Gasteiger partial charge in [0.2, 0.25) is 12.2 Å². The molecule has 0 heterocycles. The first-order valence-corrected chi connectivity index (χ1v) is 8.11. The van der Waals surface area contributed by atoms with Crippen molar-refractivity contribution in [1.29, 1.82) is 0 Å². The van der Waals surface area contributed by atoms with Gasteiger partial charge in [-0.15, -0.1) is 23.2 Å². The summed E-state index contributed by atoms with van der Waals surface area (Å²) in [6, 6.07) is 0. The highest BCUT2D eigenvalue weighted by Crippen LogP contribution is 2.13. The van der Waals surface area contributed by atoms with Crippen LogP contribution >= 0.6 is 23.2 Å². The normalized spacial score (nSPS) is 13.2. The standard InChI is InChI=1S/C14H20Cl2O8/c1-7(2)21-13(19)11(23-9(17)5-15)12(24-10(18)6-16)14(20)22-8(3)4/h7-8,11-12H,5-6H2,1-4H3/t11-,12-/m0/s1. The third kappa shape index (κ3) is 8.35. The zero-order valence-electron chi connectivity index (χ0n) is 13.7. The third-order valence-electron chi connectivity index (χ3n) is 2.18. The van der Waals surface area contributed by atoms with Gasteiger partial charge in [0.15, 0.2) is 0 Å². The zero-order chi connectivity index (χ0) is 18.9. The monoisotopic (exact) mass is 386 g/mol. The van der Waals surface area contributed by atoms with Gasteiger partial charge in [-0.25, -0.2) is 9.59 Å². The Morgan fingerprint density at radius 2 is 0.958 bits per heavy atom. The maximum atomic E-state index is 12.1. The van der Waals surface area contributed by atoms with E-state index in [1.54, 1.807) is 27.7 Å². The number of rotatable bonds is 9. The lowest BCUT2D eigenvalue weighted by atomic mass is 10.2. The number of alkyl halides is 2. The van der Waals surface area contributed by atoms with Crippen molar-refractivity contribution in [2.24, 2.45) is 0 Å². The minimum atomic E-state index is -1.86. The number of hydrogen-bond donors (Lipinski definition) is 0. The lowest BCUT2D eigenvalue weighted by Gasteiger charge is -2.25. The molecule has 0 fully saturated rings. The van der Waals surface area contributed by atoms with E-state index >= 15 is 0 Å². The van der Waals surface area contributed by atoms with E-state index in [-0.39, 0.29) is 0 Å². The van der Waals surface area contributed by atoms with E-state index in [0.717, 1.165) is 0 Å². The summed E-state index contributed by atoms with van der Waals surface area (Å²) in [5.41, 5.74) is 0. The van der Waals surface area contributed by atoms with Crippen LogP contribution in [0.5, 0.6) is 0 Å². The van der Waals surface area contributed by atoms with Crippen LogP contribution in [0.4, 0.5) is 0 Å². The second-order valence-electron chi connectivity index (χ2n) is 5.06. The van der Waals surface area contributed by atoms with Crippen LogP contribution in [0.2, 0.25) is 0 Å². The lowest BCUT2D eigenvalue weighted by Crippen LogP contribution is -2.48. The van der Waals surface area contributed by atoms with Gasteiger partial charge in [0.05, 0.1) is 12.2 Å². The minimum Gasteiger partial charge on any atom is -0.460 e. The van der Waals surface area contributed by atoms with Crippen molar-refractivity contribution in [3.8, 4) is 0 Å². The summed E-state index contributed by atoms with van der Waals surface area (Å²) in [5, 5.41) is 0. The summed E-state index contributed by atoms with van der Waals surface area (Å²) in [5.74, 6) is -5.35. The first kappa shape index (κ1) is 22.5. The van der Waals surface area contributed by atoms with Gasteiger partial charge in [0, 0.05) is 0 Å². The van der Waals surface area contributed by atoms with Gasteiger partial charge in [-0.05, 0) is 27.7 Å². The molecule has 0 saturated heterocycles. The van der Waals surface area contributed by atoms with Crippen molar-refractivity contribution in [1.82, 2.24) is 0 Å². The van der Waals surface area contributed by atoms with E-state index in [9.17, 15) is 19.2 Å². The zero-order valence-corrected chi connectivity index (χ0v) is 15.3. The molecule has 0 aromatic rings. The minimum absolute atomic E-state index is 0.569. The fraction of sp³-hybridized carbons (Fsp3) is 0.714. The largest absolute Gasteiger partial charge is 0.460 e. The third-order valence-corrected chi connectivity index (χ3v) is 2.61. The molecular formula is C14H20Cl2O8. The van der Waals surface area contributed by atoms with Crippen molar-refractivity contribution in [2.45, 2.75) is 52.1 Å². The first-order valence-electron chi connectivity index (χ1n) is 7.04. The van der Waals surface area contributed by atoms with Gasteiger partial charge in [0.25, 0.3) is 0 Å². The summed E-state index contributed by atoms with van der Waals surface area (Å²) in [6.45, 7) is 6.18. The summed E-state index contributed by atoms with van der Waals surface area (Å²) in [6.07, 6.45) is -4.87. The molecule has 0 aromatic heterocycles. The van der Waals surface area contributed by atoms with Crippen molar-refractivity contribution in [2.75, 3.05) is 11.8 Å². The molecule has 0 aliphatic carbocycles. The molecule has 0 unspecified atom stereocenters. The van der Waals surface area contributed by atoms with Crippen molar-refractivity contribution in [3.63, 3.8) is 0 Å². The van der Waals surface area contributed by atoms with Gasteiger partial charge in [-0.1, -0.05) is 0 Å². The number of ether oxygens (including phenoxy) is 4. The van der Waals surface area contributed by atoms with Crippen LogP contribution in [0, 0.1) is 0 Å². The SMILES string of the molecule is CC(C)OC(=O)[C@@H](OC(=O)CCl)[C@H](OC(=O)CCl)C(=O)OC(C)C. The molecule has 8 nitrogen and oxygen atoms in total. The van der Waals surface area contributed by atoms with Gasteiger partial charge < -0.3 is 18.9 Å². The van der Waals surface area contributed by atoms with Crippen molar-refractivity contribution >= 4 is 47.1 Å². The van der Waals surface area contributed by atoms with Gasteiger partial charge in [-0.3, -0.25) is 9.59 Å². The Balaban J connectivity index is 5.56. The predicted molar refractivity (Wildman–Crippen MR) is 83.7 cm³/mol. The molecular weight excluding hydrogens is 367 g/mol. The molecule has 2 atom stereocenters. The van der Waals surface area contributed by atoms with Crippen LogP contribution in [0.25, 0.3) is 0 Å². The summed E-state index contributed by atoms with van der Waals surface area (Å²) in [4.78, 5) is 47.1. The molecule has 0 aliphatic heterocycles. The van der Waals surface area contributed by atoms with Crippen LogP contribution < -0.4 is 0 Å². The van der Waals surface area contributed by atoms with Crippen LogP contribution in [0.1, 0.15) is 27.7 Å². The molecule has 0 spiro atoms. The molecule has 0 aromatic carbocycles. The summed E-state index contributed by atoms with van der Waals surface area (Å²) < 4.78 is 19.4. The maximum absolute atomic E-state index is 12.1. The fourth-order valence-electron chi connectivity index (χ4n) is 1.41. The molecule has 0 N–H and O–H groups in total. The van der Waals surface area contributed by atoms with E-state index in [0.29, 0.717) is 0 Å². The average molecular weight is 387 g/mol. The highest BCUT2D eigenvalue weighted by Gasteiger charge is 2.43. The molecule has 138 valence electrons. The topological polar surface area (TPSA) is 105 Å². The Morgan fingerprint density at radius 3 is 1.17 bits per heavy atom. The van der Waals surface area contributed by atoms with Crippen LogP contribution in [0.3, 0.4) is 0 Å². The predicted octanol–water partition coefficient (Wildman–Crippen LogP) is 1.19. The lowest BCUT2D eigenvalue weighted by molar-refractivity contribution is -0.193. The van der Waals surface area contributed by atoms with Crippen LogP contribution in [-0.4, -0.2) is 60.1 Å². The van der Waals surface area contributed by atoms with Gasteiger partial charge >= 0.3 is 23.9 Å². The molecule has 10 heteroatoms. The van der Waals surface area contributed by atoms with E-state index in [1.807, 2.05) is 0 Å². The maximum Gasteiger partial charge on any atom is 0.352 e. The summed E-state index contributed by atoms with van der Waals surface area (Å²) in [7, 11) is 0. The Hall–Kier alpha value is -1.54. The Bertz CT molecular complexity index is 422. The van der Waals surface area contributed by atoms with E-state index in [2.05, 4.69) is 0 Å². The van der Waals surface area contributed by atoms with Crippen LogP contribution in [-0.2, 0) is 38.1 Å². The Morgan fingerprint density at radius 1 is 0.667 bits per heavy atom. The van der Waals surface area contributed by atoms with Crippen molar-refractivity contribution < 1.29 is 38.1 Å². The number of halogens is 2. The average Bonchev–Trinajstić information content (AvgIpc) is 2.48. The quantitative estimate of drug-likeness (QED) is 0.330. The fourth-order valence-corrected chi connectivity index (χ4v) is 1.54. The van der Waals surface area contributed by atoms with E-state index in [4.69, 9.17) is 42.1 Å². The van der Waals surface area contributed by atoms with E-state index < -0.39 is 60.1 Å². The number of carbonyl (C=O) groups excluding carboxylic acids is 4. The molecule has 0 saturated carbocycles. The van der Waals surface area contributed by atoms with Gasteiger partial charge in [0.1, 0.15) is 11.8 Å². The highest BCUT2D eigenvalue weighted by molar-refractivity contribution is 6.26. The molecule has 0 bridgehead atoms. The second-order valence-corrected chi connectivity index (χ2v) is 5.59. The smallest absolute Gasteiger partial charge is 0.352 e. The highest BCUT2D eigenvalue weighted by atomic mass is 35.5. The first-order chi connectivity index (χ1) is 11.1. The number of carbonyl (C=O) groups is 4. The van der Waals surface area contributed by atoms with E-state index in [1.165, 1.54) is 0 Å². The number of esters is 4. The molecule has 0 aliphatic rings. The summed E-state index contributed by atoms with van der Waals surface area (Å²) >= 11 is 10.7. The van der Waals surface area contributed by atoms with Crippen molar-refractivity contribution in [3.05, 3.63) is 0 Å². The molecule has 0 rings (SSSR count). The second kappa shape index (κ2) is 11.1. The Labute approximate surface area is 149 Å².